The summed E-state index contributed by atoms with van der Waals surface area (Å²) in [6.45, 7) is 1.88. The number of fused-ring (bicyclic) bond motifs is 1. The fraction of sp³-hybridized carbons (Fsp3) is 0.227. The molecule has 0 aliphatic rings. The third kappa shape index (κ3) is 5.55. The Morgan fingerprint density at radius 3 is 2.42 bits per heavy atom. The third-order valence-corrected chi connectivity index (χ3v) is 5.45. The van der Waals surface area contributed by atoms with Gasteiger partial charge in [-0.15, -0.1) is 12.6 Å². The van der Waals surface area contributed by atoms with Crippen LogP contribution in [0.25, 0.3) is 10.9 Å². The molecule has 2 atom stereocenters. The number of benzene rings is 2. The van der Waals surface area contributed by atoms with Crippen molar-refractivity contribution in [2.24, 2.45) is 11.5 Å². The van der Waals surface area contributed by atoms with Crippen LogP contribution in [0.1, 0.15) is 16.7 Å². The number of aromatic amines is 1. The predicted octanol–water partition coefficient (Wildman–Crippen LogP) is 1.59. The van der Waals surface area contributed by atoms with Crippen LogP contribution in [-0.2, 0) is 22.4 Å². The van der Waals surface area contributed by atoms with E-state index in [1.54, 1.807) is 12.1 Å². The number of carbonyl (C=O) groups is 2. The second-order valence-electron chi connectivity index (χ2n) is 7.81. The number of hydrogen-bond donors (Lipinski definition) is 5. The van der Waals surface area contributed by atoms with E-state index >= 15 is 0 Å². The Morgan fingerprint density at radius 1 is 1.09 bits per heavy atom. The number of nitrogens with two attached hydrogens (primary N) is 2. The zero-order chi connectivity index (χ0) is 24.5. The molecule has 0 aliphatic heterocycles. The Labute approximate surface area is 191 Å². The lowest BCUT2D eigenvalue weighted by atomic mass is 10.0. The predicted molar refractivity (Wildman–Crippen MR) is 120 cm³/mol. The number of pyridine rings is 1. The minimum absolute atomic E-state index is 0.186. The molecule has 2 amide bonds. The molecule has 0 aliphatic carbocycles. The summed E-state index contributed by atoms with van der Waals surface area (Å²) in [6, 6.07) is 6.53. The smallest absolute Gasteiger partial charge is 0.251 e. The molecule has 3 rings (SSSR count). The van der Waals surface area contributed by atoms with E-state index in [1.807, 2.05) is 19.1 Å². The van der Waals surface area contributed by atoms with E-state index in [1.165, 1.54) is 0 Å². The standard InChI is InChI=1S/C22H21F3N4O3S/c1-10-2-3-17-11(4-10)5-12(20(31)28-17)7-18(19(26)30)29-21(32)22(27,33)9-13-6-15(24)16(25)8-14(13)23/h2-6,8,18,33H,7,9,27H2,1H3,(H2,26,30)(H,28,31)(H,29,32)/t18?,22-/m0/s1. The van der Waals surface area contributed by atoms with Crippen LogP contribution in [0.4, 0.5) is 13.2 Å². The van der Waals surface area contributed by atoms with Gasteiger partial charge in [-0.1, -0.05) is 11.6 Å². The van der Waals surface area contributed by atoms with E-state index in [0.717, 1.165) is 10.9 Å². The first-order chi connectivity index (χ1) is 15.4. The van der Waals surface area contributed by atoms with Gasteiger partial charge in [-0.25, -0.2) is 13.2 Å². The number of aryl methyl sites for hydroxylation is 1. The average Bonchev–Trinajstić information content (AvgIpc) is 2.71. The van der Waals surface area contributed by atoms with Crippen molar-refractivity contribution in [1.29, 1.82) is 0 Å². The first-order valence-corrected chi connectivity index (χ1v) is 10.2. The summed E-state index contributed by atoms with van der Waals surface area (Å²) in [4.78, 5) is 37.7. The van der Waals surface area contributed by atoms with Gasteiger partial charge in [0.15, 0.2) is 11.6 Å². The molecule has 0 spiro atoms. The highest BCUT2D eigenvalue weighted by molar-refractivity contribution is 7.82. The number of hydrogen-bond acceptors (Lipinski definition) is 5. The summed E-state index contributed by atoms with van der Waals surface area (Å²) in [6.07, 6.45) is -0.865. The van der Waals surface area contributed by atoms with Gasteiger partial charge in [-0.05, 0) is 42.1 Å². The maximum atomic E-state index is 14.0. The van der Waals surface area contributed by atoms with Gasteiger partial charge in [-0.3, -0.25) is 14.4 Å². The zero-order valence-electron chi connectivity index (χ0n) is 17.4. The van der Waals surface area contributed by atoms with Gasteiger partial charge in [0.25, 0.3) is 11.5 Å². The normalized spacial score (nSPS) is 14.0. The van der Waals surface area contributed by atoms with Crippen molar-refractivity contribution in [3.05, 3.63) is 80.9 Å². The summed E-state index contributed by atoms with van der Waals surface area (Å²) >= 11 is 4.01. The molecule has 0 fully saturated rings. The molecule has 0 bridgehead atoms. The second kappa shape index (κ2) is 9.28. The van der Waals surface area contributed by atoms with E-state index in [4.69, 9.17) is 11.5 Å². The van der Waals surface area contributed by atoms with Gasteiger partial charge < -0.3 is 21.8 Å². The number of aromatic nitrogens is 1. The van der Waals surface area contributed by atoms with Crippen LogP contribution in [0.3, 0.4) is 0 Å². The second-order valence-corrected chi connectivity index (χ2v) is 8.60. The first-order valence-electron chi connectivity index (χ1n) is 9.75. The van der Waals surface area contributed by atoms with Crippen molar-refractivity contribution in [3.8, 4) is 0 Å². The Bertz CT molecular complexity index is 1310. The van der Waals surface area contributed by atoms with Crippen molar-refractivity contribution in [3.63, 3.8) is 0 Å². The summed E-state index contributed by atoms with van der Waals surface area (Å²) in [7, 11) is 0. The van der Waals surface area contributed by atoms with E-state index in [-0.39, 0.29) is 12.0 Å². The monoisotopic (exact) mass is 478 g/mol. The molecule has 174 valence electrons. The molecule has 11 heteroatoms. The molecule has 1 heterocycles. The van der Waals surface area contributed by atoms with Crippen LogP contribution in [0, 0.1) is 24.4 Å². The highest BCUT2D eigenvalue weighted by Gasteiger charge is 2.34. The van der Waals surface area contributed by atoms with Crippen molar-refractivity contribution < 1.29 is 22.8 Å². The van der Waals surface area contributed by atoms with Crippen LogP contribution in [0.5, 0.6) is 0 Å². The Kier molecular flexibility index (Phi) is 6.84. The number of thiol groups is 1. The quantitative estimate of drug-likeness (QED) is 0.201. The number of rotatable bonds is 7. The topological polar surface area (TPSA) is 131 Å². The van der Waals surface area contributed by atoms with Gasteiger partial charge in [0.2, 0.25) is 5.91 Å². The largest absolute Gasteiger partial charge is 0.368 e. The SMILES string of the molecule is Cc1ccc2[nH]c(=O)c(CC(NC(=O)[C@@](N)(S)Cc3cc(F)c(F)cc3F)C(N)=O)cc2c1. The molecule has 2 aromatic carbocycles. The van der Waals surface area contributed by atoms with Gasteiger partial charge in [0.1, 0.15) is 16.7 Å². The molecular formula is C22H21F3N4O3S. The zero-order valence-corrected chi connectivity index (χ0v) is 18.3. The third-order valence-electron chi connectivity index (χ3n) is 5.09. The van der Waals surface area contributed by atoms with E-state index in [0.29, 0.717) is 17.6 Å². The van der Waals surface area contributed by atoms with Crippen molar-refractivity contribution in [2.75, 3.05) is 0 Å². The summed E-state index contributed by atoms with van der Waals surface area (Å²) < 4.78 is 40.6. The molecule has 3 aromatic rings. The average molecular weight is 478 g/mol. The molecule has 1 unspecified atom stereocenters. The number of amides is 2. The van der Waals surface area contributed by atoms with Crippen LogP contribution in [0.15, 0.2) is 41.2 Å². The van der Waals surface area contributed by atoms with Crippen molar-refractivity contribution in [1.82, 2.24) is 10.3 Å². The van der Waals surface area contributed by atoms with E-state index < -0.39 is 57.7 Å². The highest BCUT2D eigenvalue weighted by Crippen LogP contribution is 2.21. The minimum Gasteiger partial charge on any atom is -0.368 e. The Hall–Kier alpha value is -3.31. The van der Waals surface area contributed by atoms with Crippen LogP contribution in [-0.4, -0.2) is 27.7 Å². The lowest BCUT2D eigenvalue weighted by molar-refractivity contribution is -0.128. The lowest BCUT2D eigenvalue weighted by Gasteiger charge is -2.25. The highest BCUT2D eigenvalue weighted by atomic mass is 32.1. The Balaban J connectivity index is 1.82. The fourth-order valence-corrected chi connectivity index (χ4v) is 3.55. The van der Waals surface area contributed by atoms with Crippen LogP contribution in [0.2, 0.25) is 0 Å². The fourth-order valence-electron chi connectivity index (χ4n) is 3.32. The van der Waals surface area contributed by atoms with E-state index in [2.05, 4.69) is 22.9 Å². The number of halogens is 3. The first kappa shape index (κ1) is 24.3. The van der Waals surface area contributed by atoms with Gasteiger partial charge in [0.05, 0.1) is 0 Å². The molecule has 33 heavy (non-hydrogen) atoms. The summed E-state index contributed by atoms with van der Waals surface area (Å²) in [5.41, 5.74) is 12.1. The van der Waals surface area contributed by atoms with E-state index in [9.17, 15) is 27.6 Å². The van der Waals surface area contributed by atoms with Crippen molar-refractivity contribution in [2.45, 2.75) is 30.7 Å². The maximum absolute atomic E-state index is 14.0. The van der Waals surface area contributed by atoms with Gasteiger partial charge >= 0.3 is 0 Å². The number of nitrogens with one attached hydrogen (secondary N) is 2. The van der Waals surface area contributed by atoms with Crippen LogP contribution < -0.4 is 22.3 Å². The molecule has 6 N–H and O–H groups in total. The number of H-pyrrole nitrogens is 1. The Morgan fingerprint density at radius 2 is 1.76 bits per heavy atom. The summed E-state index contributed by atoms with van der Waals surface area (Å²) in [5, 5.41) is 3.02. The minimum atomic E-state index is -2.11. The lowest BCUT2D eigenvalue weighted by Crippen LogP contribution is -2.57. The molecule has 1 aromatic heterocycles. The molecular weight excluding hydrogens is 457 g/mol. The van der Waals surface area contributed by atoms with Crippen molar-refractivity contribution >= 4 is 35.3 Å². The number of primary amides is 1. The summed E-state index contributed by atoms with van der Waals surface area (Å²) in [5.74, 6) is -5.80. The molecule has 7 nitrogen and oxygen atoms in total. The maximum Gasteiger partial charge on any atom is 0.251 e. The molecule has 0 saturated heterocycles. The van der Waals surface area contributed by atoms with Crippen LogP contribution >= 0.6 is 12.6 Å². The number of carbonyl (C=O) groups excluding carboxylic acids is 2. The van der Waals surface area contributed by atoms with Gasteiger partial charge in [0, 0.05) is 30.0 Å². The molecule has 0 saturated carbocycles. The molecule has 0 radical (unpaired) electrons. The van der Waals surface area contributed by atoms with Gasteiger partial charge in [-0.2, -0.15) is 0 Å².